The van der Waals surface area contributed by atoms with E-state index in [1.807, 2.05) is 0 Å². The van der Waals surface area contributed by atoms with Gasteiger partial charge >= 0.3 is 0 Å². The van der Waals surface area contributed by atoms with Crippen molar-refractivity contribution in [2.45, 2.75) is 0 Å². The van der Waals surface area contributed by atoms with E-state index in [2.05, 4.69) is 15.4 Å². The molecule has 1 amide bonds. The number of imidazole rings is 1. The number of benzene rings is 2. The number of methoxy groups -OCH3 is 2. The van der Waals surface area contributed by atoms with E-state index in [-0.39, 0.29) is 5.56 Å². The molecule has 0 fully saturated rings. The second-order valence-corrected chi connectivity index (χ2v) is 6.30. The number of anilines is 1. The predicted octanol–water partition coefficient (Wildman–Crippen LogP) is 3.94. The summed E-state index contributed by atoms with van der Waals surface area (Å²) in [4.78, 5) is 17.0. The summed E-state index contributed by atoms with van der Waals surface area (Å²) >= 11 is 0. The van der Waals surface area contributed by atoms with Gasteiger partial charge in [0, 0.05) is 17.2 Å². The van der Waals surface area contributed by atoms with Crippen LogP contribution >= 0.6 is 0 Å². The van der Waals surface area contributed by atoms with Crippen LogP contribution in [0.4, 0.5) is 14.5 Å². The highest BCUT2D eigenvalue weighted by molar-refractivity contribution is 6.05. The SMILES string of the molecule is COc1ccc2nc(-c3ccc(OC)c(NC(=O)c4ccc(F)c(F)c4)c3)cn2n1. The van der Waals surface area contributed by atoms with Crippen LogP contribution in [0, 0.1) is 11.6 Å². The summed E-state index contributed by atoms with van der Waals surface area (Å²) in [6.45, 7) is 0. The maximum absolute atomic E-state index is 13.5. The Balaban J connectivity index is 1.68. The van der Waals surface area contributed by atoms with Crippen molar-refractivity contribution >= 4 is 17.2 Å². The molecule has 7 nitrogen and oxygen atoms in total. The first-order valence-corrected chi connectivity index (χ1v) is 8.83. The number of carbonyl (C=O) groups is 1. The minimum atomic E-state index is -1.10. The van der Waals surface area contributed by atoms with Crippen molar-refractivity contribution in [3.63, 3.8) is 0 Å². The Labute approximate surface area is 169 Å². The molecule has 4 rings (SSSR count). The van der Waals surface area contributed by atoms with Gasteiger partial charge in [0.25, 0.3) is 5.91 Å². The Kier molecular flexibility index (Phi) is 5.01. The summed E-state index contributed by atoms with van der Waals surface area (Å²) in [5, 5.41) is 6.93. The van der Waals surface area contributed by atoms with Crippen LogP contribution in [-0.4, -0.2) is 34.7 Å². The fourth-order valence-corrected chi connectivity index (χ4v) is 2.91. The molecule has 1 N–H and O–H groups in total. The Morgan fingerprint density at radius 1 is 1.00 bits per heavy atom. The molecule has 0 saturated carbocycles. The third-order valence-electron chi connectivity index (χ3n) is 4.43. The van der Waals surface area contributed by atoms with E-state index in [0.717, 1.165) is 12.1 Å². The number of aromatic nitrogens is 3. The normalized spacial score (nSPS) is 10.8. The maximum Gasteiger partial charge on any atom is 0.255 e. The monoisotopic (exact) mass is 410 g/mol. The van der Waals surface area contributed by atoms with Gasteiger partial charge in [-0.3, -0.25) is 4.79 Å². The molecule has 2 aromatic heterocycles. The van der Waals surface area contributed by atoms with E-state index in [9.17, 15) is 13.6 Å². The molecule has 0 atom stereocenters. The van der Waals surface area contributed by atoms with Crippen LogP contribution in [0.2, 0.25) is 0 Å². The standard InChI is InChI=1S/C21H16F2N4O3/c1-29-18-6-4-12(17-11-27-19(24-17)7-8-20(26-27)30-2)10-16(18)25-21(28)13-3-5-14(22)15(23)9-13/h3-11H,1-2H3,(H,25,28). The Morgan fingerprint density at radius 2 is 1.83 bits per heavy atom. The number of nitrogens with zero attached hydrogens (tertiary/aromatic N) is 3. The number of carbonyl (C=O) groups excluding carboxylic acids is 1. The molecule has 0 saturated heterocycles. The van der Waals surface area contributed by atoms with E-state index >= 15 is 0 Å². The first-order chi connectivity index (χ1) is 14.5. The number of hydrogen-bond acceptors (Lipinski definition) is 5. The van der Waals surface area contributed by atoms with Crippen LogP contribution in [0.5, 0.6) is 11.6 Å². The summed E-state index contributed by atoms with van der Waals surface area (Å²) in [6, 6.07) is 11.5. The minimum absolute atomic E-state index is 0.0228. The van der Waals surface area contributed by atoms with E-state index in [4.69, 9.17) is 9.47 Å². The summed E-state index contributed by atoms with van der Waals surface area (Å²) in [7, 11) is 2.99. The summed E-state index contributed by atoms with van der Waals surface area (Å²) in [5.41, 5.74) is 2.26. The highest BCUT2D eigenvalue weighted by atomic mass is 19.2. The number of fused-ring (bicyclic) bond motifs is 1. The Hall–Kier alpha value is -4.01. The van der Waals surface area contributed by atoms with Crippen molar-refractivity contribution in [2.24, 2.45) is 0 Å². The highest BCUT2D eigenvalue weighted by Gasteiger charge is 2.15. The lowest BCUT2D eigenvalue weighted by Gasteiger charge is -2.12. The van der Waals surface area contributed by atoms with Gasteiger partial charge in [-0.05, 0) is 42.5 Å². The fourth-order valence-electron chi connectivity index (χ4n) is 2.91. The fraction of sp³-hybridized carbons (Fsp3) is 0.0952. The number of amides is 1. The lowest BCUT2D eigenvalue weighted by molar-refractivity contribution is 0.102. The van der Waals surface area contributed by atoms with Crippen LogP contribution in [-0.2, 0) is 0 Å². The molecule has 0 aliphatic carbocycles. The second kappa shape index (κ2) is 7.78. The van der Waals surface area contributed by atoms with Gasteiger partial charge in [-0.1, -0.05) is 0 Å². The van der Waals surface area contributed by atoms with Gasteiger partial charge in [-0.15, -0.1) is 5.10 Å². The van der Waals surface area contributed by atoms with Gasteiger partial charge in [0.1, 0.15) is 5.75 Å². The van der Waals surface area contributed by atoms with Crippen molar-refractivity contribution in [3.05, 3.63) is 71.9 Å². The number of nitrogens with one attached hydrogen (secondary N) is 1. The summed E-state index contributed by atoms with van der Waals surface area (Å²) < 4.78 is 38.6. The van der Waals surface area contributed by atoms with Gasteiger partial charge in [0.2, 0.25) is 5.88 Å². The second-order valence-electron chi connectivity index (χ2n) is 6.30. The zero-order valence-corrected chi connectivity index (χ0v) is 16.0. The lowest BCUT2D eigenvalue weighted by Crippen LogP contribution is -2.13. The van der Waals surface area contributed by atoms with Gasteiger partial charge in [-0.25, -0.2) is 18.3 Å². The Bertz CT molecular complexity index is 1260. The molecule has 9 heteroatoms. The average molecular weight is 410 g/mol. The van der Waals surface area contributed by atoms with E-state index in [0.29, 0.717) is 34.2 Å². The molecule has 0 radical (unpaired) electrons. The number of halogens is 2. The summed E-state index contributed by atoms with van der Waals surface area (Å²) in [5.74, 6) is -1.89. The largest absolute Gasteiger partial charge is 0.495 e. The molecule has 0 spiro atoms. The first kappa shape index (κ1) is 19.3. The zero-order chi connectivity index (χ0) is 21.3. The number of ether oxygens (including phenoxy) is 2. The van der Waals surface area contributed by atoms with Crippen molar-refractivity contribution in [3.8, 4) is 22.9 Å². The first-order valence-electron chi connectivity index (χ1n) is 8.83. The highest BCUT2D eigenvalue weighted by Crippen LogP contribution is 2.31. The van der Waals surface area contributed by atoms with E-state index < -0.39 is 17.5 Å². The van der Waals surface area contributed by atoms with Gasteiger partial charge in [-0.2, -0.15) is 0 Å². The van der Waals surface area contributed by atoms with Gasteiger partial charge < -0.3 is 14.8 Å². The quantitative estimate of drug-likeness (QED) is 0.539. The van der Waals surface area contributed by atoms with Crippen LogP contribution in [0.1, 0.15) is 10.4 Å². The molecule has 0 aliphatic rings. The molecule has 0 bridgehead atoms. The van der Waals surface area contributed by atoms with Crippen molar-refractivity contribution in [1.29, 1.82) is 0 Å². The van der Waals surface area contributed by atoms with Crippen LogP contribution in [0.3, 0.4) is 0 Å². The van der Waals surface area contributed by atoms with E-state index in [1.54, 1.807) is 41.0 Å². The molecule has 152 valence electrons. The molecular weight excluding hydrogens is 394 g/mol. The molecule has 0 unspecified atom stereocenters. The van der Waals surface area contributed by atoms with Gasteiger partial charge in [0.15, 0.2) is 17.3 Å². The third kappa shape index (κ3) is 3.64. The third-order valence-corrected chi connectivity index (χ3v) is 4.43. The minimum Gasteiger partial charge on any atom is -0.495 e. The van der Waals surface area contributed by atoms with Crippen molar-refractivity contribution in [2.75, 3.05) is 19.5 Å². The average Bonchev–Trinajstić information content (AvgIpc) is 3.18. The molecule has 4 aromatic rings. The Morgan fingerprint density at radius 3 is 2.57 bits per heavy atom. The van der Waals surface area contributed by atoms with Crippen LogP contribution in [0.15, 0.2) is 54.7 Å². The molecule has 0 aliphatic heterocycles. The number of rotatable bonds is 5. The van der Waals surface area contributed by atoms with Crippen LogP contribution < -0.4 is 14.8 Å². The van der Waals surface area contributed by atoms with Gasteiger partial charge in [0.05, 0.1) is 31.8 Å². The topological polar surface area (TPSA) is 77.8 Å². The lowest BCUT2D eigenvalue weighted by atomic mass is 10.1. The maximum atomic E-state index is 13.5. The zero-order valence-electron chi connectivity index (χ0n) is 16.0. The predicted molar refractivity (Wildman–Crippen MR) is 106 cm³/mol. The van der Waals surface area contributed by atoms with Crippen LogP contribution in [0.25, 0.3) is 16.9 Å². The van der Waals surface area contributed by atoms with Crippen molar-refractivity contribution < 1.29 is 23.0 Å². The molecule has 2 aromatic carbocycles. The van der Waals surface area contributed by atoms with E-state index in [1.165, 1.54) is 20.3 Å². The number of hydrogen-bond donors (Lipinski definition) is 1. The molecule has 30 heavy (non-hydrogen) atoms. The summed E-state index contributed by atoms with van der Waals surface area (Å²) in [6.07, 6.45) is 1.72. The smallest absolute Gasteiger partial charge is 0.255 e. The molecular formula is C21H16F2N4O3. The molecule has 2 heterocycles. The van der Waals surface area contributed by atoms with Crippen molar-refractivity contribution in [1.82, 2.24) is 14.6 Å².